The molecule has 0 saturated heterocycles. The molecule has 0 saturated carbocycles. The van der Waals surface area contributed by atoms with Crippen molar-refractivity contribution < 1.29 is 0 Å². The first-order chi connectivity index (χ1) is 8.60. The van der Waals surface area contributed by atoms with E-state index in [0.29, 0.717) is 17.8 Å². The number of aromatic nitrogens is 3. The number of hydrogen-bond donors (Lipinski definition) is 2. The minimum Gasteiger partial charge on any atom is -0.354 e. The van der Waals surface area contributed by atoms with E-state index in [-0.39, 0.29) is 0 Å². The first kappa shape index (κ1) is 14.4. The summed E-state index contributed by atoms with van der Waals surface area (Å²) in [5, 5.41) is 4.92. The summed E-state index contributed by atoms with van der Waals surface area (Å²) in [5.41, 5.74) is 3.05. The summed E-state index contributed by atoms with van der Waals surface area (Å²) in [6.07, 6.45) is 0. The Bertz CT molecular complexity index is 362. The molecule has 2 N–H and O–H groups in total. The predicted molar refractivity (Wildman–Crippen MR) is 74.9 cm³/mol. The Hall–Kier alpha value is -1.63. The molecule has 0 amide bonds. The molecule has 1 heterocycles. The topological polar surface area (TPSA) is 69.2 Å². The van der Waals surface area contributed by atoms with Gasteiger partial charge >= 0.3 is 0 Å². The van der Waals surface area contributed by atoms with Crippen molar-refractivity contribution in [1.29, 1.82) is 0 Å². The first-order valence-corrected chi connectivity index (χ1v) is 6.29. The van der Waals surface area contributed by atoms with Crippen LogP contribution >= 0.6 is 0 Å². The number of anilines is 3. The number of nitrogens with zero attached hydrogens (tertiary/aromatic N) is 5. The number of hydrazine groups is 1. The summed E-state index contributed by atoms with van der Waals surface area (Å²) in [6, 6.07) is 0. The normalized spacial score (nSPS) is 10.6. The molecule has 0 aromatic carbocycles. The van der Waals surface area contributed by atoms with E-state index in [1.807, 2.05) is 21.0 Å². The van der Waals surface area contributed by atoms with E-state index in [1.165, 1.54) is 0 Å². The summed E-state index contributed by atoms with van der Waals surface area (Å²) in [4.78, 5) is 15.2. The van der Waals surface area contributed by atoms with Gasteiger partial charge in [0.05, 0.1) is 0 Å². The Kier molecular flexibility index (Phi) is 5.57. The van der Waals surface area contributed by atoms with Crippen LogP contribution in [0.3, 0.4) is 0 Å². The van der Waals surface area contributed by atoms with Crippen LogP contribution in [0, 0.1) is 0 Å². The largest absolute Gasteiger partial charge is 0.354 e. The molecule has 0 spiro atoms. The van der Waals surface area contributed by atoms with Crippen molar-refractivity contribution in [3.63, 3.8) is 0 Å². The lowest BCUT2D eigenvalue weighted by Crippen LogP contribution is -2.27. The Morgan fingerprint density at radius 3 is 2.06 bits per heavy atom. The van der Waals surface area contributed by atoms with Crippen LogP contribution in [-0.4, -0.2) is 53.7 Å². The summed E-state index contributed by atoms with van der Waals surface area (Å²) in [6.45, 7) is 8.70. The van der Waals surface area contributed by atoms with E-state index in [9.17, 15) is 0 Å². The van der Waals surface area contributed by atoms with Crippen LogP contribution in [0.15, 0.2) is 0 Å². The highest BCUT2D eigenvalue weighted by Gasteiger charge is 2.10. The van der Waals surface area contributed by atoms with Gasteiger partial charge in [-0.2, -0.15) is 15.0 Å². The van der Waals surface area contributed by atoms with Crippen LogP contribution in [0.5, 0.6) is 0 Å². The van der Waals surface area contributed by atoms with E-state index in [0.717, 1.165) is 19.6 Å². The standard InChI is InChI=1S/C11H23N7/c1-6-12-9-13-10(16-17(4)5)15-11(14-9)18(7-2)8-3/h6-8H2,1-5H3,(H2,12,13,14,15,16). The minimum atomic E-state index is 0.549. The lowest BCUT2D eigenvalue weighted by molar-refractivity contribution is 0.488. The Labute approximate surface area is 109 Å². The highest BCUT2D eigenvalue weighted by Crippen LogP contribution is 2.13. The molecule has 0 atom stereocenters. The second kappa shape index (κ2) is 6.95. The Morgan fingerprint density at radius 2 is 1.56 bits per heavy atom. The van der Waals surface area contributed by atoms with E-state index < -0.39 is 0 Å². The van der Waals surface area contributed by atoms with Gasteiger partial charge in [0.15, 0.2) is 0 Å². The Morgan fingerprint density at radius 1 is 0.944 bits per heavy atom. The second-order valence-corrected chi connectivity index (χ2v) is 3.99. The van der Waals surface area contributed by atoms with Crippen LogP contribution in [0.25, 0.3) is 0 Å². The fourth-order valence-electron chi connectivity index (χ4n) is 1.50. The van der Waals surface area contributed by atoms with Gasteiger partial charge in [-0.25, -0.2) is 5.01 Å². The summed E-state index contributed by atoms with van der Waals surface area (Å²) in [7, 11) is 3.79. The fraction of sp³-hybridized carbons (Fsp3) is 0.727. The molecule has 7 heteroatoms. The zero-order chi connectivity index (χ0) is 13.5. The zero-order valence-corrected chi connectivity index (χ0v) is 11.9. The van der Waals surface area contributed by atoms with Gasteiger partial charge < -0.3 is 10.2 Å². The molecule has 0 aliphatic rings. The summed E-state index contributed by atoms with van der Waals surface area (Å²) in [5.74, 6) is 1.84. The molecule has 102 valence electrons. The molecule has 0 aliphatic heterocycles. The molecule has 1 rings (SSSR count). The lowest BCUT2D eigenvalue weighted by atomic mass is 10.5. The van der Waals surface area contributed by atoms with Gasteiger partial charge in [-0.1, -0.05) is 0 Å². The SMILES string of the molecule is CCNc1nc(NN(C)C)nc(N(CC)CC)n1. The van der Waals surface area contributed by atoms with Crippen LogP contribution in [-0.2, 0) is 0 Å². The van der Waals surface area contributed by atoms with Gasteiger partial charge in [0, 0.05) is 33.7 Å². The monoisotopic (exact) mass is 253 g/mol. The van der Waals surface area contributed by atoms with Gasteiger partial charge in [-0.15, -0.1) is 0 Å². The molecule has 1 aromatic rings. The van der Waals surface area contributed by atoms with Crippen molar-refractivity contribution in [2.75, 3.05) is 49.4 Å². The fourth-order valence-corrected chi connectivity index (χ4v) is 1.50. The molecule has 0 aliphatic carbocycles. The average molecular weight is 253 g/mol. The van der Waals surface area contributed by atoms with Crippen molar-refractivity contribution in [1.82, 2.24) is 20.0 Å². The van der Waals surface area contributed by atoms with Crippen LogP contribution < -0.4 is 15.6 Å². The molecular formula is C11H23N7. The maximum atomic E-state index is 4.41. The third-order valence-corrected chi connectivity index (χ3v) is 2.33. The van der Waals surface area contributed by atoms with E-state index >= 15 is 0 Å². The number of nitrogens with one attached hydrogen (secondary N) is 2. The molecule has 7 nitrogen and oxygen atoms in total. The second-order valence-electron chi connectivity index (χ2n) is 3.99. The maximum Gasteiger partial charge on any atom is 0.244 e. The van der Waals surface area contributed by atoms with E-state index in [4.69, 9.17) is 0 Å². The van der Waals surface area contributed by atoms with Gasteiger partial charge in [0.1, 0.15) is 0 Å². The van der Waals surface area contributed by atoms with Gasteiger partial charge in [-0.3, -0.25) is 5.43 Å². The van der Waals surface area contributed by atoms with Crippen molar-refractivity contribution in [2.45, 2.75) is 20.8 Å². The molecule has 0 fully saturated rings. The molecule has 0 bridgehead atoms. The smallest absolute Gasteiger partial charge is 0.244 e. The summed E-state index contributed by atoms with van der Waals surface area (Å²) < 4.78 is 0. The van der Waals surface area contributed by atoms with E-state index in [1.54, 1.807) is 5.01 Å². The van der Waals surface area contributed by atoms with Gasteiger partial charge in [-0.05, 0) is 20.8 Å². The molecular weight excluding hydrogens is 230 g/mol. The number of rotatable bonds is 7. The first-order valence-electron chi connectivity index (χ1n) is 6.29. The molecule has 0 unspecified atom stereocenters. The highest BCUT2D eigenvalue weighted by atomic mass is 15.5. The quantitative estimate of drug-likeness (QED) is 0.703. The lowest BCUT2D eigenvalue weighted by Gasteiger charge is -2.20. The molecule has 1 aromatic heterocycles. The average Bonchev–Trinajstić information content (AvgIpc) is 2.30. The minimum absolute atomic E-state index is 0.549. The Balaban J connectivity index is 3.04. The van der Waals surface area contributed by atoms with Crippen LogP contribution in [0.1, 0.15) is 20.8 Å². The van der Waals surface area contributed by atoms with Gasteiger partial charge in [0.2, 0.25) is 17.8 Å². The molecule has 0 radical (unpaired) electrons. The molecule has 18 heavy (non-hydrogen) atoms. The summed E-state index contributed by atoms with van der Waals surface area (Å²) >= 11 is 0. The van der Waals surface area contributed by atoms with Crippen LogP contribution in [0.2, 0.25) is 0 Å². The van der Waals surface area contributed by atoms with Crippen molar-refractivity contribution in [2.24, 2.45) is 0 Å². The van der Waals surface area contributed by atoms with E-state index in [2.05, 4.69) is 44.4 Å². The van der Waals surface area contributed by atoms with Gasteiger partial charge in [0.25, 0.3) is 0 Å². The maximum absolute atomic E-state index is 4.41. The number of hydrogen-bond acceptors (Lipinski definition) is 7. The third kappa shape index (κ3) is 3.99. The van der Waals surface area contributed by atoms with Crippen molar-refractivity contribution >= 4 is 17.8 Å². The zero-order valence-electron chi connectivity index (χ0n) is 11.9. The third-order valence-electron chi connectivity index (χ3n) is 2.33. The van der Waals surface area contributed by atoms with Crippen molar-refractivity contribution in [3.8, 4) is 0 Å². The predicted octanol–water partition coefficient (Wildman–Crippen LogP) is 1.04. The van der Waals surface area contributed by atoms with Crippen molar-refractivity contribution in [3.05, 3.63) is 0 Å². The highest BCUT2D eigenvalue weighted by molar-refractivity contribution is 5.43. The van der Waals surface area contributed by atoms with Crippen LogP contribution in [0.4, 0.5) is 17.8 Å².